The van der Waals surface area contributed by atoms with Crippen LogP contribution in [0.2, 0.25) is 0 Å². The van der Waals surface area contributed by atoms with Gasteiger partial charge in [-0.3, -0.25) is 14.4 Å². The third-order valence-corrected chi connectivity index (χ3v) is 11.6. The first-order valence-corrected chi connectivity index (χ1v) is 26.6. The minimum absolute atomic E-state index is 0.0761. The Bertz CT molecular complexity index is 1090. The van der Waals surface area contributed by atoms with E-state index >= 15 is 0 Å². The molecular formula is C56H100O6. The molecule has 6 heteroatoms. The predicted octanol–water partition coefficient (Wildman–Crippen LogP) is 17.5. The summed E-state index contributed by atoms with van der Waals surface area (Å²) in [5.74, 6) is -0.881. The summed E-state index contributed by atoms with van der Waals surface area (Å²) >= 11 is 0. The largest absolute Gasteiger partial charge is 0.462 e. The summed E-state index contributed by atoms with van der Waals surface area (Å²) in [5, 5.41) is 0. The number of hydrogen-bond donors (Lipinski definition) is 0. The van der Waals surface area contributed by atoms with Crippen LogP contribution in [0.15, 0.2) is 48.6 Å². The first-order chi connectivity index (χ1) is 30.5. The predicted molar refractivity (Wildman–Crippen MR) is 265 cm³/mol. The second-order valence-corrected chi connectivity index (χ2v) is 17.8. The number of esters is 3. The Morgan fingerprint density at radius 1 is 0.339 bits per heavy atom. The highest BCUT2D eigenvalue weighted by atomic mass is 16.6. The third-order valence-electron chi connectivity index (χ3n) is 11.6. The molecule has 0 aromatic rings. The van der Waals surface area contributed by atoms with E-state index in [1.807, 2.05) is 0 Å². The first-order valence-electron chi connectivity index (χ1n) is 26.6. The van der Waals surface area contributed by atoms with Gasteiger partial charge in [-0.25, -0.2) is 0 Å². The van der Waals surface area contributed by atoms with Crippen molar-refractivity contribution in [2.75, 3.05) is 13.2 Å². The number of rotatable bonds is 48. The topological polar surface area (TPSA) is 78.9 Å². The Morgan fingerprint density at radius 2 is 0.645 bits per heavy atom. The molecule has 0 N–H and O–H groups in total. The van der Waals surface area contributed by atoms with E-state index < -0.39 is 6.10 Å². The normalized spacial score (nSPS) is 12.4. The number of allylic oxidation sites excluding steroid dienone is 8. The van der Waals surface area contributed by atoms with Crippen molar-refractivity contribution >= 4 is 17.9 Å². The maximum absolute atomic E-state index is 12.8. The maximum Gasteiger partial charge on any atom is 0.306 e. The van der Waals surface area contributed by atoms with E-state index in [0.29, 0.717) is 19.3 Å². The summed E-state index contributed by atoms with van der Waals surface area (Å²) in [7, 11) is 0. The Morgan fingerprint density at radius 3 is 1.05 bits per heavy atom. The average molecular weight is 869 g/mol. The van der Waals surface area contributed by atoms with Crippen LogP contribution in [0.5, 0.6) is 0 Å². The van der Waals surface area contributed by atoms with Gasteiger partial charge in [0.2, 0.25) is 0 Å². The van der Waals surface area contributed by atoms with Gasteiger partial charge < -0.3 is 14.2 Å². The molecule has 360 valence electrons. The molecule has 0 aromatic carbocycles. The summed E-state index contributed by atoms with van der Waals surface area (Å²) in [4.78, 5) is 38.0. The fourth-order valence-electron chi connectivity index (χ4n) is 7.56. The Kier molecular flexibility index (Phi) is 48.8. The minimum Gasteiger partial charge on any atom is -0.462 e. The van der Waals surface area contributed by atoms with Gasteiger partial charge in [0.1, 0.15) is 13.2 Å². The van der Waals surface area contributed by atoms with Crippen molar-refractivity contribution in [2.24, 2.45) is 0 Å². The molecule has 0 aliphatic rings. The van der Waals surface area contributed by atoms with Crippen LogP contribution in [0.25, 0.3) is 0 Å². The lowest BCUT2D eigenvalue weighted by molar-refractivity contribution is -0.167. The number of carbonyl (C=O) groups excluding carboxylic acids is 3. The molecule has 0 amide bonds. The van der Waals surface area contributed by atoms with E-state index in [9.17, 15) is 14.4 Å². The molecule has 0 saturated carbocycles. The van der Waals surface area contributed by atoms with Gasteiger partial charge in [0.25, 0.3) is 0 Å². The molecule has 0 heterocycles. The maximum atomic E-state index is 12.8. The third kappa shape index (κ3) is 48.4. The van der Waals surface area contributed by atoms with Crippen molar-refractivity contribution in [2.45, 2.75) is 277 Å². The molecule has 6 nitrogen and oxygen atoms in total. The molecule has 0 bridgehead atoms. The average Bonchev–Trinajstić information content (AvgIpc) is 3.27. The van der Waals surface area contributed by atoms with Crippen LogP contribution in [0.4, 0.5) is 0 Å². The Balaban J connectivity index is 4.32. The second-order valence-electron chi connectivity index (χ2n) is 17.8. The zero-order valence-electron chi connectivity index (χ0n) is 41.1. The molecule has 0 aromatic heterocycles. The van der Waals surface area contributed by atoms with Gasteiger partial charge >= 0.3 is 17.9 Å². The van der Waals surface area contributed by atoms with Gasteiger partial charge in [0.15, 0.2) is 6.10 Å². The number of carbonyl (C=O) groups is 3. The van der Waals surface area contributed by atoms with Crippen molar-refractivity contribution < 1.29 is 28.6 Å². The van der Waals surface area contributed by atoms with Crippen LogP contribution in [0, 0.1) is 0 Å². The van der Waals surface area contributed by atoms with Crippen molar-refractivity contribution in [3.8, 4) is 0 Å². The molecule has 0 saturated heterocycles. The summed E-state index contributed by atoms with van der Waals surface area (Å²) in [6.45, 7) is 6.50. The summed E-state index contributed by atoms with van der Waals surface area (Å²) in [5.41, 5.74) is 0. The molecule has 0 fully saturated rings. The molecule has 0 spiro atoms. The lowest BCUT2D eigenvalue weighted by Gasteiger charge is -2.18. The summed E-state index contributed by atoms with van der Waals surface area (Å²) < 4.78 is 16.8. The van der Waals surface area contributed by atoms with Crippen LogP contribution < -0.4 is 0 Å². The quantitative estimate of drug-likeness (QED) is 0.0262. The van der Waals surface area contributed by atoms with Crippen molar-refractivity contribution in [1.82, 2.24) is 0 Å². The van der Waals surface area contributed by atoms with E-state index in [2.05, 4.69) is 69.4 Å². The van der Waals surface area contributed by atoms with Gasteiger partial charge in [-0.2, -0.15) is 0 Å². The fourth-order valence-corrected chi connectivity index (χ4v) is 7.56. The molecule has 0 radical (unpaired) electrons. The van der Waals surface area contributed by atoms with Crippen LogP contribution in [-0.2, 0) is 28.6 Å². The van der Waals surface area contributed by atoms with Gasteiger partial charge in [-0.1, -0.05) is 230 Å². The minimum atomic E-state index is -0.774. The van der Waals surface area contributed by atoms with E-state index in [-0.39, 0.29) is 31.1 Å². The highest BCUT2D eigenvalue weighted by Crippen LogP contribution is 2.16. The SMILES string of the molecule is CC/C=C\C/C=C\C/C=C\CCCCCCCCCCCC(=O)OCC(COC(=O)CCCCCCC/C=C\CCCC)OC(=O)CCCCCCCCCCCCCCCC. The van der Waals surface area contributed by atoms with Crippen molar-refractivity contribution in [1.29, 1.82) is 0 Å². The molecule has 1 atom stereocenters. The number of ether oxygens (including phenoxy) is 3. The molecule has 0 aliphatic carbocycles. The second kappa shape index (κ2) is 51.0. The first kappa shape index (κ1) is 59.4. The van der Waals surface area contributed by atoms with Crippen LogP contribution in [-0.4, -0.2) is 37.2 Å². The fraction of sp³-hybridized carbons (Fsp3) is 0.804. The van der Waals surface area contributed by atoms with Gasteiger partial charge in [-0.15, -0.1) is 0 Å². The molecule has 62 heavy (non-hydrogen) atoms. The lowest BCUT2D eigenvalue weighted by atomic mass is 10.0. The Hall–Kier alpha value is -2.63. The lowest BCUT2D eigenvalue weighted by Crippen LogP contribution is -2.30. The smallest absolute Gasteiger partial charge is 0.306 e. The van der Waals surface area contributed by atoms with Crippen LogP contribution in [0.1, 0.15) is 271 Å². The van der Waals surface area contributed by atoms with Crippen molar-refractivity contribution in [3.05, 3.63) is 48.6 Å². The highest BCUT2D eigenvalue weighted by Gasteiger charge is 2.19. The summed E-state index contributed by atoms with van der Waals surface area (Å²) in [6, 6.07) is 0. The number of unbranched alkanes of at least 4 members (excludes halogenated alkanes) is 29. The summed E-state index contributed by atoms with van der Waals surface area (Å²) in [6.07, 6.45) is 60.9. The monoisotopic (exact) mass is 869 g/mol. The zero-order valence-corrected chi connectivity index (χ0v) is 41.1. The van der Waals surface area contributed by atoms with Crippen LogP contribution >= 0.6 is 0 Å². The molecule has 0 aliphatic heterocycles. The van der Waals surface area contributed by atoms with Gasteiger partial charge in [-0.05, 0) is 70.6 Å². The van der Waals surface area contributed by atoms with E-state index in [4.69, 9.17) is 14.2 Å². The van der Waals surface area contributed by atoms with E-state index in [1.165, 1.54) is 148 Å². The van der Waals surface area contributed by atoms with Gasteiger partial charge in [0.05, 0.1) is 0 Å². The van der Waals surface area contributed by atoms with E-state index in [0.717, 1.165) is 83.5 Å². The standard InChI is InChI=1S/C56H100O6/c1-4-7-10-13-16-19-22-24-26-27-28-29-30-32-34-37-40-43-46-49-55(58)61-52-53(51-60-54(57)48-45-42-39-36-33-21-18-15-12-9-6-3)62-56(59)50-47-44-41-38-35-31-25-23-20-17-14-11-8-5-2/h7,10,15-16,18-19,24,26,53H,4-6,8-9,11-14,17,20-23,25,27-52H2,1-3H3/b10-7-,18-15-,19-16-,26-24-. The molecule has 0 rings (SSSR count). The molecular weight excluding hydrogens is 769 g/mol. The highest BCUT2D eigenvalue weighted by molar-refractivity contribution is 5.71. The molecule has 1 unspecified atom stereocenters. The van der Waals surface area contributed by atoms with Crippen LogP contribution in [0.3, 0.4) is 0 Å². The number of hydrogen-bond acceptors (Lipinski definition) is 6. The zero-order chi connectivity index (χ0) is 45.1. The Labute approximate surface area is 384 Å². The van der Waals surface area contributed by atoms with E-state index in [1.54, 1.807) is 0 Å². The van der Waals surface area contributed by atoms with Gasteiger partial charge in [0, 0.05) is 19.3 Å². The van der Waals surface area contributed by atoms with Crippen molar-refractivity contribution in [3.63, 3.8) is 0 Å².